The summed E-state index contributed by atoms with van der Waals surface area (Å²) in [7, 11) is 2.04. The van der Waals surface area contributed by atoms with Crippen LogP contribution in [0.15, 0.2) is 12.1 Å². The first-order chi connectivity index (χ1) is 6.18. The number of hydrogen-bond donors (Lipinski definition) is 1. The zero-order valence-corrected chi connectivity index (χ0v) is 8.30. The average molecular weight is 198 g/mol. The maximum atomic E-state index is 9.70. The lowest BCUT2D eigenvalue weighted by molar-refractivity contribution is 0.305. The molecule has 0 unspecified atom stereocenters. The highest BCUT2D eigenvalue weighted by atomic mass is 35.5. The second-order valence-electron chi connectivity index (χ2n) is 3.52. The van der Waals surface area contributed by atoms with E-state index in [0.717, 1.165) is 25.1 Å². The lowest BCUT2D eigenvalue weighted by Gasteiger charge is -2.25. The van der Waals surface area contributed by atoms with Crippen LogP contribution in [-0.2, 0) is 13.0 Å². The number of halogens is 1. The second-order valence-corrected chi connectivity index (χ2v) is 3.93. The number of nitrogens with zero attached hydrogens (tertiary/aromatic N) is 1. The van der Waals surface area contributed by atoms with Crippen LogP contribution in [0, 0.1) is 0 Å². The molecule has 1 N–H and O–H groups in total. The van der Waals surface area contributed by atoms with Gasteiger partial charge in [0.1, 0.15) is 5.75 Å². The molecule has 1 aromatic rings. The highest BCUT2D eigenvalue weighted by Gasteiger charge is 2.17. The summed E-state index contributed by atoms with van der Waals surface area (Å²) in [6, 6.07) is 3.77. The van der Waals surface area contributed by atoms with Crippen LogP contribution in [0.3, 0.4) is 0 Å². The van der Waals surface area contributed by atoms with E-state index in [9.17, 15) is 5.11 Å². The summed E-state index contributed by atoms with van der Waals surface area (Å²) in [5, 5.41) is 10.2. The van der Waals surface area contributed by atoms with Crippen LogP contribution in [0.2, 0.25) is 5.02 Å². The molecule has 0 aromatic heterocycles. The molecule has 2 nitrogen and oxygen atoms in total. The van der Waals surface area contributed by atoms with Crippen LogP contribution in [0.1, 0.15) is 11.1 Å². The molecule has 1 aliphatic heterocycles. The molecule has 0 radical (unpaired) electrons. The van der Waals surface area contributed by atoms with Crippen molar-refractivity contribution in [3.63, 3.8) is 0 Å². The minimum absolute atomic E-state index is 0.255. The van der Waals surface area contributed by atoms with Crippen LogP contribution in [-0.4, -0.2) is 23.6 Å². The predicted octanol–water partition coefficient (Wildman–Crippen LogP) is 2.03. The lowest BCUT2D eigenvalue weighted by Crippen LogP contribution is -2.26. The van der Waals surface area contributed by atoms with Gasteiger partial charge in [-0.2, -0.15) is 0 Å². The molecule has 3 heteroatoms. The fourth-order valence-electron chi connectivity index (χ4n) is 1.72. The van der Waals surface area contributed by atoms with E-state index in [1.165, 1.54) is 5.56 Å². The summed E-state index contributed by atoms with van der Waals surface area (Å²) in [5.74, 6) is 0.255. The molecule has 0 amide bonds. The van der Waals surface area contributed by atoms with Crippen molar-refractivity contribution in [2.24, 2.45) is 0 Å². The third kappa shape index (κ3) is 1.52. The summed E-state index contributed by atoms with van der Waals surface area (Å²) in [4.78, 5) is 2.18. The van der Waals surface area contributed by atoms with E-state index >= 15 is 0 Å². The first-order valence-corrected chi connectivity index (χ1v) is 4.74. The molecule has 2 rings (SSSR count). The molecule has 0 saturated carbocycles. The van der Waals surface area contributed by atoms with Gasteiger partial charge < -0.3 is 10.0 Å². The van der Waals surface area contributed by atoms with Crippen molar-refractivity contribution < 1.29 is 5.11 Å². The highest BCUT2D eigenvalue weighted by molar-refractivity contribution is 6.32. The minimum Gasteiger partial charge on any atom is -0.506 e. The second kappa shape index (κ2) is 3.20. The van der Waals surface area contributed by atoms with Gasteiger partial charge in [0.05, 0.1) is 5.02 Å². The Labute approximate surface area is 82.7 Å². The first kappa shape index (κ1) is 8.85. The van der Waals surface area contributed by atoms with Crippen molar-refractivity contribution in [3.05, 3.63) is 28.3 Å². The normalized spacial score (nSPS) is 17.1. The topological polar surface area (TPSA) is 23.5 Å². The van der Waals surface area contributed by atoms with Gasteiger partial charge in [-0.05, 0) is 25.1 Å². The van der Waals surface area contributed by atoms with Gasteiger partial charge in [0, 0.05) is 18.7 Å². The first-order valence-electron chi connectivity index (χ1n) is 4.36. The zero-order valence-electron chi connectivity index (χ0n) is 7.55. The molecule has 1 aliphatic rings. The molecule has 70 valence electrons. The summed E-state index contributed by atoms with van der Waals surface area (Å²) in [5.41, 5.74) is 2.21. The Bertz CT molecular complexity index is 338. The summed E-state index contributed by atoms with van der Waals surface area (Å²) in [6.07, 6.45) is 0.997. The molecule has 0 spiro atoms. The standard InChI is InChI=1S/C10H12ClNO/c1-12-5-4-7-2-3-9(11)10(13)8(7)6-12/h2-3,13H,4-6H2,1H3. The maximum absolute atomic E-state index is 9.70. The predicted molar refractivity (Wildman–Crippen MR) is 53.2 cm³/mol. The van der Waals surface area contributed by atoms with E-state index in [2.05, 4.69) is 4.90 Å². The largest absolute Gasteiger partial charge is 0.506 e. The van der Waals surface area contributed by atoms with Crippen molar-refractivity contribution in [2.45, 2.75) is 13.0 Å². The van der Waals surface area contributed by atoms with Gasteiger partial charge in [0.2, 0.25) is 0 Å². The third-order valence-electron chi connectivity index (χ3n) is 2.52. The minimum atomic E-state index is 0.255. The molecular formula is C10H12ClNO. The molecular weight excluding hydrogens is 186 g/mol. The number of benzene rings is 1. The van der Waals surface area contributed by atoms with Crippen molar-refractivity contribution >= 4 is 11.6 Å². The van der Waals surface area contributed by atoms with Crippen LogP contribution >= 0.6 is 11.6 Å². The highest BCUT2D eigenvalue weighted by Crippen LogP contribution is 2.32. The van der Waals surface area contributed by atoms with E-state index in [0.29, 0.717) is 5.02 Å². The van der Waals surface area contributed by atoms with Gasteiger partial charge in [-0.15, -0.1) is 0 Å². The fraction of sp³-hybridized carbons (Fsp3) is 0.400. The molecule has 13 heavy (non-hydrogen) atoms. The smallest absolute Gasteiger partial charge is 0.138 e. The maximum Gasteiger partial charge on any atom is 0.138 e. The van der Waals surface area contributed by atoms with Crippen molar-refractivity contribution in [1.82, 2.24) is 4.90 Å². The number of likely N-dealkylation sites (N-methyl/N-ethyl adjacent to an activating group) is 1. The molecule has 0 saturated heterocycles. The molecule has 1 aromatic carbocycles. The van der Waals surface area contributed by atoms with E-state index in [1.54, 1.807) is 6.07 Å². The Morgan fingerprint density at radius 2 is 2.23 bits per heavy atom. The van der Waals surface area contributed by atoms with Gasteiger partial charge in [0.15, 0.2) is 0 Å². The van der Waals surface area contributed by atoms with E-state index < -0.39 is 0 Å². The average Bonchev–Trinajstić information content (AvgIpc) is 2.12. The van der Waals surface area contributed by atoms with Crippen molar-refractivity contribution in [3.8, 4) is 5.75 Å². The Balaban J connectivity index is 2.48. The van der Waals surface area contributed by atoms with Gasteiger partial charge >= 0.3 is 0 Å². The summed E-state index contributed by atoms with van der Waals surface area (Å²) in [6.45, 7) is 1.84. The molecule has 1 heterocycles. The summed E-state index contributed by atoms with van der Waals surface area (Å²) < 4.78 is 0. The van der Waals surface area contributed by atoms with Crippen LogP contribution in [0.4, 0.5) is 0 Å². The van der Waals surface area contributed by atoms with E-state index in [-0.39, 0.29) is 5.75 Å². The Hall–Kier alpha value is -0.730. The van der Waals surface area contributed by atoms with Gasteiger partial charge in [-0.3, -0.25) is 0 Å². The quantitative estimate of drug-likeness (QED) is 0.688. The molecule has 0 bridgehead atoms. The van der Waals surface area contributed by atoms with Crippen LogP contribution in [0.25, 0.3) is 0 Å². The SMILES string of the molecule is CN1CCc2ccc(Cl)c(O)c2C1. The summed E-state index contributed by atoms with van der Waals surface area (Å²) >= 11 is 5.82. The number of phenols is 1. The third-order valence-corrected chi connectivity index (χ3v) is 2.83. The molecule has 0 atom stereocenters. The van der Waals surface area contributed by atoms with Crippen LogP contribution in [0.5, 0.6) is 5.75 Å². The number of phenolic OH excluding ortho intramolecular Hbond substituents is 1. The van der Waals surface area contributed by atoms with Crippen molar-refractivity contribution in [1.29, 1.82) is 0 Å². The monoisotopic (exact) mass is 197 g/mol. The Morgan fingerprint density at radius 3 is 3.00 bits per heavy atom. The fourth-order valence-corrected chi connectivity index (χ4v) is 1.90. The van der Waals surface area contributed by atoms with Crippen LogP contribution < -0.4 is 0 Å². The lowest BCUT2D eigenvalue weighted by atomic mass is 9.99. The Kier molecular flexibility index (Phi) is 2.18. The van der Waals surface area contributed by atoms with E-state index in [4.69, 9.17) is 11.6 Å². The number of hydrogen-bond acceptors (Lipinski definition) is 2. The number of fused-ring (bicyclic) bond motifs is 1. The number of aromatic hydroxyl groups is 1. The van der Waals surface area contributed by atoms with Gasteiger partial charge in [0.25, 0.3) is 0 Å². The number of rotatable bonds is 0. The van der Waals surface area contributed by atoms with E-state index in [1.807, 2.05) is 13.1 Å². The van der Waals surface area contributed by atoms with Gasteiger partial charge in [-0.25, -0.2) is 0 Å². The molecule has 0 aliphatic carbocycles. The zero-order chi connectivity index (χ0) is 9.42. The van der Waals surface area contributed by atoms with Gasteiger partial charge in [-0.1, -0.05) is 17.7 Å². The van der Waals surface area contributed by atoms with Crippen molar-refractivity contribution in [2.75, 3.05) is 13.6 Å². The Morgan fingerprint density at radius 1 is 1.46 bits per heavy atom. The molecule has 0 fully saturated rings.